The minimum absolute atomic E-state index is 0.182. The molecule has 0 fully saturated rings. The van der Waals surface area contributed by atoms with Gasteiger partial charge in [-0.3, -0.25) is 9.69 Å². The van der Waals surface area contributed by atoms with Gasteiger partial charge in [-0.05, 0) is 42.8 Å². The van der Waals surface area contributed by atoms with Crippen molar-refractivity contribution in [2.24, 2.45) is 0 Å². The van der Waals surface area contributed by atoms with Crippen molar-refractivity contribution in [1.82, 2.24) is 4.98 Å². The molecule has 3 nitrogen and oxygen atoms in total. The third-order valence-electron chi connectivity index (χ3n) is 3.79. The summed E-state index contributed by atoms with van der Waals surface area (Å²) in [7, 11) is 0. The van der Waals surface area contributed by atoms with Gasteiger partial charge in [0.2, 0.25) is 0 Å². The van der Waals surface area contributed by atoms with E-state index in [1.54, 1.807) is 35.2 Å². The van der Waals surface area contributed by atoms with E-state index < -0.39 is 0 Å². The van der Waals surface area contributed by atoms with Crippen LogP contribution in [0.1, 0.15) is 23.7 Å². The lowest BCUT2D eigenvalue weighted by Gasteiger charge is -2.19. The van der Waals surface area contributed by atoms with Gasteiger partial charge in [-0.2, -0.15) is 0 Å². The van der Waals surface area contributed by atoms with Crippen molar-refractivity contribution in [3.63, 3.8) is 0 Å². The van der Waals surface area contributed by atoms with E-state index in [9.17, 15) is 4.79 Å². The fourth-order valence-corrected chi connectivity index (χ4v) is 4.15. The number of amides is 1. The smallest absolute Gasteiger partial charge is 0.260 e. The molecule has 140 valence electrons. The van der Waals surface area contributed by atoms with E-state index in [0.717, 1.165) is 12.0 Å². The third kappa shape index (κ3) is 4.58. The predicted molar refractivity (Wildman–Crippen MR) is 116 cm³/mol. The molecular formula is C19H14Cl4N2OS. The van der Waals surface area contributed by atoms with Crippen LogP contribution in [0.2, 0.25) is 20.1 Å². The molecule has 0 saturated heterocycles. The summed E-state index contributed by atoms with van der Waals surface area (Å²) in [6.45, 7) is 2.53. The van der Waals surface area contributed by atoms with Gasteiger partial charge in [0.05, 0.1) is 20.8 Å². The number of hydrogen-bond acceptors (Lipinski definition) is 3. The molecule has 1 aromatic heterocycles. The number of benzene rings is 2. The molecule has 8 heteroatoms. The van der Waals surface area contributed by atoms with E-state index in [4.69, 9.17) is 46.4 Å². The maximum absolute atomic E-state index is 13.0. The molecule has 0 radical (unpaired) electrons. The number of anilines is 1. The quantitative estimate of drug-likeness (QED) is 0.396. The lowest BCUT2D eigenvalue weighted by atomic mass is 10.2. The van der Waals surface area contributed by atoms with Crippen molar-refractivity contribution in [3.8, 4) is 11.3 Å². The van der Waals surface area contributed by atoms with Crippen LogP contribution < -0.4 is 4.90 Å². The second-order valence-corrected chi connectivity index (χ2v) is 8.22. The minimum Gasteiger partial charge on any atom is -0.284 e. The molecule has 3 aromatic rings. The Morgan fingerprint density at radius 3 is 2.48 bits per heavy atom. The Morgan fingerprint density at radius 1 is 1.04 bits per heavy atom. The van der Waals surface area contributed by atoms with Crippen molar-refractivity contribution >= 4 is 68.8 Å². The van der Waals surface area contributed by atoms with E-state index in [2.05, 4.69) is 4.98 Å². The van der Waals surface area contributed by atoms with Gasteiger partial charge in [-0.15, -0.1) is 11.3 Å². The molecule has 0 N–H and O–H groups in total. The summed E-state index contributed by atoms with van der Waals surface area (Å²) in [5, 5.41) is 4.28. The first-order valence-corrected chi connectivity index (χ1v) is 10.5. The van der Waals surface area contributed by atoms with Crippen LogP contribution in [0.4, 0.5) is 5.13 Å². The molecule has 0 aliphatic rings. The average Bonchev–Trinajstić information content (AvgIpc) is 3.11. The molecule has 0 unspecified atom stereocenters. The zero-order chi connectivity index (χ0) is 19.6. The van der Waals surface area contributed by atoms with Crippen molar-refractivity contribution in [1.29, 1.82) is 0 Å². The molecular weight excluding hydrogens is 446 g/mol. The number of carbonyl (C=O) groups is 1. The lowest BCUT2D eigenvalue weighted by Crippen LogP contribution is -2.31. The number of thiazole rings is 1. The largest absolute Gasteiger partial charge is 0.284 e. The maximum Gasteiger partial charge on any atom is 0.260 e. The lowest BCUT2D eigenvalue weighted by molar-refractivity contribution is 0.0987. The summed E-state index contributed by atoms with van der Waals surface area (Å²) in [4.78, 5) is 19.3. The Morgan fingerprint density at radius 2 is 1.81 bits per heavy atom. The Bertz CT molecular complexity index is 990. The van der Waals surface area contributed by atoms with Gasteiger partial charge in [0.1, 0.15) is 0 Å². The van der Waals surface area contributed by atoms with Gasteiger partial charge in [0.15, 0.2) is 5.13 Å². The molecule has 27 heavy (non-hydrogen) atoms. The summed E-state index contributed by atoms with van der Waals surface area (Å²) in [5.74, 6) is -0.182. The monoisotopic (exact) mass is 458 g/mol. The van der Waals surface area contributed by atoms with Gasteiger partial charge >= 0.3 is 0 Å². The molecule has 0 saturated carbocycles. The fraction of sp³-hybridized carbons (Fsp3) is 0.158. The van der Waals surface area contributed by atoms with Crippen LogP contribution in [0.15, 0.2) is 41.8 Å². The van der Waals surface area contributed by atoms with Crippen LogP contribution in [-0.4, -0.2) is 17.4 Å². The average molecular weight is 460 g/mol. The zero-order valence-corrected chi connectivity index (χ0v) is 18.0. The number of nitrogens with zero attached hydrogens (tertiary/aromatic N) is 2. The summed E-state index contributed by atoms with van der Waals surface area (Å²) in [6.07, 6.45) is 0.781. The van der Waals surface area contributed by atoms with E-state index in [0.29, 0.717) is 43.0 Å². The van der Waals surface area contributed by atoms with Crippen molar-refractivity contribution in [3.05, 3.63) is 67.4 Å². The van der Waals surface area contributed by atoms with Crippen LogP contribution in [0.5, 0.6) is 0 Å². The summed E-state index contributed by atoms with van der Waals surface area (Å²) < 4.78 is 0. The summed E-state index contributed by atoms with van der Waals surface area (Å²) >= 11 is 25.6. The first kappa shape index (κ1) is 20.4. The van der Waals surface area contributed by atoms with E-state index in [1.807, 2.05) is 18.4 Å². The third-order valence-corrected chi connectivity index (χ3v) is 5.94. The van der Waals surface area contributed by atoms with E-state index >= 15 is 0 Å². The Labute approximate surface area is 181 Å². The van der Waals surface area contributed by atoms with Gasteiger partial charge in [-0.1, -0.05) is 53.3 Å². The molecule has 2 aromatic carbocycles. The van der Waals surface area contributed by atoms with Gasteiger partial charge < -0.3 is 0 Å². The van der Waals surface area contributed by atoms with Crippen LogP contribution in [0, 0.1) is 0 Å². The minimum atomic E-state index is -0.182. The van der Waals surface area contributed by atoms with Crippen molar-refractivity contribution in [2.45, 2.75) is 13.3 Å². The Kier molecular flexibility index (Phi) is 6.66. The first-order chi connectivity index (χ1) is 12.9. The molecule has 3 rings (SSSR count). The number of carbonyl (C=O) groups excluding carboxylic acids is 1. The maximum atomic E-state index is 13.0. The highest BCUT2D eigenvalue weighted by Gasteiger charge is 2.21. The van der Waals surface area contributed by atoms with Crippen molar-refractivity contribution in [2.75, 3.05) is 11.4 Å². The highest BCUT2D eigenvalue weighted by Crippen LogP contribution is 2.34. The Balaban J connectivity index is 1.94. The molecule has 0 atom stereocenters. The Hall–Kier alpha value is -1.30. The van der Waals surface area contributed by atoms with Crippen LogP contribution in [-0.2, 0) is 0 Å². The summed E-state index contributed by atoms with van der Waals surface area (Å²) in [6, 6.07) is 10.1. The second-order valence-electron chi connectivity index (χ2n) is 5.73. The number of halogens is 4. The first-order valence-electron chi connectivity index (χ1n) is 8.08. The normalized spacial score (nSPS) is 10.9. The van der Waals surface area contributed by atoms with Crippen LogP contribution in [0.3, 0.4) is 0 Å². The standard InChI is InChI=1S/C19H14Cl4N2OS/c1-2-7-25(18(26)11-3-6-14(21)16(23)8-11)19-24-17(10-27-19)13-5-4-12(20)9-15(13)22/h3-6,8-10H,2,7H2,1H3. The van der Waals surface area contributed by atoms with E-state index in [1.165, 1.54) is 11.3 Å². The number of hydrogen-bond donors (Lipinski definition) is 0. The van der Waals surface area contributed by atoms with Crippen LogP contribution in [0.25, 0.3) is 11.3 Å². The van der Waals surface area contributed by atoms with Gasteiger partial charge in [0, 0.05) is 28.1 Å². The zero-order valence-electron chi connectivity index (χ0n) is 14.2. The summed E-state index contributed by atoms with van der Waals surface area (Å²) in [5.41, 5.74) is 1.92. The second kappa shape index (κ2) is 8.80. The predicted octanol–water partition coefficient (Wildman–Crippen LogP) is 7.48. The number of rotatable bonds is 5. The molecule has 0 aliphatic heterocycles. The van der Waals surface area contributed by atoms with Crippen LogP contribution >= 0.6 is 57.7 Å². The van der Waals surface area contributed by atoms with Gasteiger partial charge in [0.25, 0.3) is 5.91 Å². The highest BCUT2D eigenvalue weighted by atomic mass is 35.5. The highest BCUT2D eigenvalue weighted by molar-refractivity contribution is 7.14. The SMILES string of the molecule is CCCN(C(=O)c1ccc(Cl)c(Cl)c1)c1nc(-c2ccc(Cl)cc2Cl)cs1. The molecule has 0 spiro atoms. The molecule has 0 aliphatic carbocycles. The number of aromatic nitrogens is 1. The molecule has 1 heterocycles. The van der Waals surface area contributed by atoms with Gasteiger partial charge in [-0.25, -0.2) is 4.98 Å². The molecule has 1 amide bonds. The molecule has 0 bridgehead atoms. The van der Waals surface area contributed by atoms with E-state index in [-0.39, 0.29) is 5.91 Å². The van der Waals surface area contributed by atoms with Crippen molar-refractivity contribution < 1.29 is 4.79 Å². The fourth-order valence-electron chi connectivity index (χ4n) is 2.50. The topological polar surface area (TPSA) is 33.2 Å².